The molecule has 1 heterocycles. The second-order valence-electron chi connectivity index (χ2n) is 5.06. The maximum absolute atomic E-state index is 14.0. The Labute approximate surface area is 140 Å². The third-order valence-electron chi connectivity index (χ3n) is 3.47. The van der Waals surface area contributed by atoms with Crippen LogP contribution in [0.4, 0.5) is 10.2 Å². The van der Waals surface area contributed by atoms with Gasteiger partial charge in [0.1, 0.15) is 10.7 Å². The van der Waals surface area contributed by atoms with Crippen LogP contribution in [0.15, 0.2) is 35.4 Å². The van der Waals surface area contributed by atoms with Crippen LogP contribution in [0.5, 0.6) is 0 Å². The number of halogens is 1. The fourth-order valence-electron chi connectivity index (χ4n) is 2.22. The summed E-state index contributed by atoms with van der Waals surface area (Å²) in [6.07, 6.45) is 1.65. The minimum atomic E-state index is -4.00. The molecule has 0 unspecified atom stereocenters. The predicted octanol–water partition coefficient (Wildman–Crippen LogP) is 1.84. The first kappa shape index (κ1) is 18.1. The van der Waals surface area contributed by atoms with Gasteiger partial charge in [0.15, 0.2) is 5.82 Å². The zero-order chi connectivity index (χ0) is 17.9. The zero-order valence-electron chi connectivity index (χ0n) is 13.7. The predicted molar refractivity (Wildman–Crippen MR) is 87.7 cm³/mol. The molecule has 0 atom stereocenters. The number of sulfonamides is 1. The van der Waals surface area contributed by atoms with Crippen molar-refractivity contribution >= 4 is 21.7 Å². The second-order valence-corrected chi connectivity index (χ2v) is 6.97. The molecule has 130 valence electrons. The van der Waals surface area contributed by atoms with Crippen LogP contribution >= 0.6 is 0 Å². The molecule has 1 aromatic carbocycles. The van der Waals surface area contributed by atoms with Gasteiger partial charge in [0.25, 0.3) is 5.91 Å². The van der Waals surface area contributed by atoms with Crippen molar-refractivity contribution < 1.29 is 17.6 Å². The lowest BCUT2D eigenvalue weighted by Crippen LogP contribution is -2.31. The van der Waals surface area contributed by atoms with Crippen molar-refractivity contribution in [2.45, 2.75) is 18.7 Å². The zero-order valence-corrected chi connectivity index (χ0v) is 14.5. The van der Waals surface area contributed by atoms with Gasteiger partial charge in [0, 0.05) is 38.0 Å². The Bertz CT molecular complexity index is 844. The average Bonchev–Trinajstić information content (AvgIpc) is 2.93. The molecule has 9 heteroatoms. The molecule has 0 aliphatic heterocycles. The second kappa shape index (κ2) is 7.10. The van der Waals surface area contributed by atoms with Gasteiger partial charge in [-0.15, -0.1) is 0 Å². The van der Waals surface area contributed by atoms with Gasteiger partial charge in [-0.25, -0.2) is 12.8 Å². The van der Waals surface area contributed by atoms with E-state index in [0.717, 1.165) is 16.4 Å². The average molecular weight is 354 g/mol. The maximum Gasteiger partial charge on any atom is 0.256 e. The molecule has 1 amide bonds. The van der Waals surface area contributed by atoms with Crippen molar-refractivity contribution in [2.24, 2.45) is 7.05 Å². The van der Waals surface area contributed by atoms with Crippen LogP contribution in [0.3, 0.4) is 0 Å². The van der Waals surface area contributed by atoms with Crippen molar-refractivity contribution in [1.82, 2.24) is 14.1 Å². The molecule has 0 radical (unpaired) electrons. The molecule has 2 aromatic rings. The molecule has 0 saturated carbocycles. The number of aromatic nitrogens is 2. The van der Waals surface area contributed by atoms with Gasteiger partial charge in [-0.3, -0.25) is 9.48 Å². The Morgan fingerprint density at radius 3 is 2.50 bits per heavy atom. The number of amides is 1. The SMILES string of the molecule is CCN(CC)S(=O)(=O)c1cc(C(=O)Nc2ccn(C)n2)ccc1F. The van der Waals surface area contributed by atoms with Gasteiger partial charge in [-0.05, 0) is 18.2 Å². The van der Waals surface area contributed by atoms with E-state index in [1.165, 1.54) is 10.7 Å². The number of hydrogen-bond acceptors (Lipinski definition) is 4. The summed E-state index contributed by atoms with van der Waals surface area (Å²) in [6, 6.07) is 4.84. The molecule has 0 fully saturated rings. The molecule has 1 N–H and O–H groups in total. The van der Waals surface area contributed by atoms with Gasteiger partial charge in [-0.1, -0.05) is 13.8 Å². The van der Waals surface area contributed by atoms with Crippen LogP contribution in [0.25, 0.3) is 0 Å². The number of rotatable bonds is 6. The summed E-state index contributed by atoms with van der Waals surface area (Å²) in [7, 11) is -2.30. The summed E-state index contributed by atoms with van der Waals surface area (Å²) in [6.45, 7) is 3.75. The molecule has 0 spiro atoms. The Kier molecular flexibility index (Phi) is 5.35. The number of nitrogens with one attached hydrogen (secondary N) is 1. The number of benzene rings is 1. The first-order valence-corrected chi connectivity index (χ1v) is 8.84. The van der Waals surface area contributed by atoms with Gasteiger partial charge >= 0.3 is 0 Å². The van der Waals surface area contributed by atoms with E-state index in [4.69, 9.17) is 0 Å². The largest absolute Gasteiger partial charge is 0.305 e. The smallest absolute Gasteiger partial charge is 0.256 e. The maximum atomic E-state index is 14.0. The minimum absolute atomic E-state index is 0.0350. The fraction of sp³-hybridized carbons (Fsp3) is 0.333. The lowest BCUT2D eigenvalue weighted by molar-refractivity contribution is 0.102. The normalized spacial score (nSPS) is 11.7. The van der Waals surface area contributed by atoms with E-state index in [-0.39, 0.29) is 18.7 Å². The van der Waals surface area contributed by atoms with Gasteiger partial charge < -0.3 is 5.32 Å². The molecule has 0 aliphatic carbocycles. The lowest BCUT2D eigenvalue weighted by Gasteiger charge is -2.19. The number of aryl methyl sites for hydroxylation is 1. The van der Waals surface area contributed by atoms with E-state index in [2.05, 4.69) is 10.4 Å². The minimum Gasteiger partial charge on any atom is -0.305 e. The third kappa shape index (κ3) is 3.62. The van der Waals surface area contributed by atoms with Gasteiger partial charge in [-0.2, -0.15) is 9.40 Å². The van der Waals surface area contributed by atoms with Crippen LogP contribution in [-0.2, 0) is 17.1 Å². The molecule has 0 saturated heterocycles. The highest BCUT2D eigenvalue weighted by molar-refractivity contribution is 7.89. The number of nitrogens with zero attached hydrogens (tertiary/aromatic N) is 3. The highest BCUT2D eigenvalue weighted by Gasteiger charge is 2.26. The summed E-state index contributed by atoms with van der Waals surface area (Å²) >= 11 is 0. The molecular formula is C15H19FN4O3S. The number of carbonyl (C=O) groups is 1. The van der Waals surface area contributed by atoms with Crippen LogP contribution in [0.2, 0.25) is 0 Å². The van der Waals surface area contributed by atoms with Crippen molar-refractivity contribution in [3.8, 4) is 0 Å². The standard InChI is InChI=1S/C15H19FN4O3S/c1-4-20(5-2)24(22,23)13-10-11(6-7-12(13)16)15(21)17-14-8-9-19(3)18-14/h6-10H,4-5H2,1-3H3,(H,17,18,21). The van der Waals surface area contributed by atoms with E-state index >= 15 is 0 Å². The fourth-order valence-corrected chi connectivity index (χ4v) is 3.76. The summed E-state index contributed by atoms with van der Waals surface area (Å²) in [4.78, 5) is 11.7. The van der Waals surface area contributed by atoms with Crippen molar-refractivity contribution in [3.63, 3.8) is 0 Å². The van der Waals surface area contributed by atoms with E-state index in [1.54, 1.807) is 33.2 Å². The quantitative estimate of drug-likeness (QED) is 0.858. The van der Waals surface area contributed by atoms with Crippen molar-refractivity contribution in [1.29, 1.82) is 0 Å². The van der Waals surface area contributed by atoms with E-state index in [1.807, 2.05) is 0 Å². The van der Waals surface area contributed by atoms with Crippen LogP contribution in [-0.4, -0.2) is 41.5 Å². The van der Waals surface area contributed by atoms with E-state index < -0.39 is 26.6 Å². The Hall–Kier alpha value is -2.26. The van der Waals surface area contributed by atoms with Crippen LogP contribution in [0, 0.1) is 5.82 Å². The van der Waals surface area contributed by atoms with Gasteiger partial charge in [0.2, 0.25) is 10.0 Å². The molecule has 0 bridgehead atoms. The third-order valence-corrected chi connectivity index (χ3v) is 5.54. The van der Waals surface area contributed by atoms with Gasteiger partial charge in [0.05, 0.1) is 0 Å². The highest BCUT2D eigenvalue weighted by Crippen LogP contribution is 2.21. The summed E-state index contributed by atoms with van der Waals surface area (Å²) in [5, 5.41) is 6.54. The van der Waals surface area contributed by atoms with Crippen molar-refractivity contribution in [3.05, 3.63) is 41.8 Å². The number of anilines is 1. The Balaban J connectivity index is 2.36. The molecule has 2 rings (SSSR count). The first-order chi connectivity index (χ1) is 11.3. The molecule has 0 aliphatic rings. The Morgan fingerprint density at radius 1 is 1.29 bits per heavy atom. The van der Waals surface area contributed by atoms with Crippen molar-refractivity contribution in [2.75, 3.05) is 18.4 Å². The van der Waals surface area contributed by atoms with E-state index in [9.17, 15) is 17.6 Å². The number of carbonyl (C=O) groups excluding carboxylic acids is 1. The topological polar surface area (TPSA) is 84.3 Å². The molecule has 1 aromatic heterocycles. The summed E-state index contributed by atoms with van der Waals surface area (Å²) in [5.41, 5.74) is 0.0350. The summed E-state index contributed by atoms with van der Waals surface area (Å²) < 4.78 is 41.7. The highest BCUT2D eigenvalue weighted by atomic mass is 32.2. The van der Waals surface area contributed by atoms with Crippen LogP contribution < -0.4 is 5.32 Å². The molecule has 24 heavy (non-hydrogen) atoms. The van der Waals surface area contributed by atoms with Crippen LogP contribution in [0.1, 0.15) is 24.2 Å². The molecular weight excluding hydrogens is 335 g/mol. The first-order valence-electron chi connectivity index (χ1n) is 7.40. The lowest BCUT2D eigenvalue weighted by atomic mass is 10.2. The Morgan fingerprint density at radius 2 is 1.96 bits per heavy atom. The number of hydrogen-bond donors (Lipinski definition) is 1. The van der Waals surface area contributed by atoms with E-state index in [0.29, 0.717) is 5.82 Å². The summed E-state index contributed by atoms with van der Waals surface area (Å²) in [5.74, 6) is -1.14. The monoisotopic (exact) mass is 354 g/mol. The molecule has 7 nitrogen and oxygen atoms in total.